The van der Waals surface area contributed by atoms with Gasteiger partial charge in [0, 0.05) is 12.1 Å². The Kier molecular flexibility index (Phi) is 1.84. The number of aliphatic imine (C=N–C) groups is 1. The van der Waals surface area contributed by atoms with E-state index in [1.807, 2.05) is 0 Å². The van der Waals surface area contributed by atoms with Crippen LogP contribution in [-0.4, -0.2) is 34.9 Å². The third kappa shape index (κ3) is 1.26. The van der Waals surface area contributed by atoms with Gasteiger partial charge in [-0.2, -0.15) is 0 Å². The number of hydrogen-bond acceptors (Lipinski definition) is 3. The van der Waals surface area contributed by atoms with Crippen molar-refractivity contribution in [2.75, 3.05) is 0 Å². The Balaban J connectivity index is 1.81. The van der Waals surface area contributed by atoms with Crippen molar-refractivity contribution >= 4 is 5.84 Å². The van der Waals surface area contributed by atoms with E-state index in [1.54, 1.807) is 0 Å². The second kappa shape index (κ2) is 2.96. The lowest BCUT2D eigenvalue weighted by atomic mass is 9.87. The minimum atomic E-state index is 0.415. The van der Waals surface area contributed by atoms with E-state index in [0.29, 0.717) is 18.1 Å². The monoisotopic (exact) mass is 193 g/mol. The van der Waals surface area contributed by atoms with Crippen LogP contribution in [0.5, 0.6) is 0 Å². The molecule has 3 atom stereocenters. The van der Waals surface area contributed by atoms with Crippen LogP contribution in [0.25, 0.3) is 0 Å². The zero-order chi connectivity index (χ0) is 9.71. The van der Waals surface area contributed by atoms with Crippen molar-refractivity contribution < 1.29 is 0 Å². The lowest BCUT2D eigenvalue weighted by molar-refractivity contribution is 0.222. The van der Waals surface area contributed by atoms with Crippen LogP contribution in [0.15, 0.2) is 4.99 Å². The largest absolute Gasteiger partial charge is 0.352 e. The number of rotatable bonds is 1. The standard InChI is InChI=1S/C11H19N3/c1-7-13-10-5-2-8(12)6-11(10)14(7)9-3-4-9/h8-11H,2-6,12H2,1H3. The third-order valence-electron chi connectivity index (χ3n) is 3.85. The first-order valence-corrected chi connectivity index (χ1v) is 5.84. The van der Waals surface area contributed by atoms with Gasteiger partial charge in [-0.25, -0.2) is 0 Å². The Labute approximate surface area is 85.4 Å². The molecule has 2 fully saturated rings. The molecule has 1 aliphatic heterocycles. The lowest BCUT2D eigenvalue weighted by Crippen LogP contribution is -2.47. The molecule has 0 aromatic rings. The Morgan fingerprint density at radius 3 is 2.79 bits per heavy atom. The fraction of sp³-hybridized carbons (Fsp3) is 0.909. The van der Waals surface area contributed by atoms with Crippen LogP contribution in [0.3, 0.4) is 0 Å². The van der Waals surface area contributed by atoms with E-state index < -0.39 is 0 Å². The molecule has 14 heavy (non-hydrogen) atoms. The molecule has 1 heterocycles. The van der Waals surface area contributed by atoms with Gasteiger partial charge in [0.1, 0.15) is 0 Å². The third-order valence-corrected chi connectivity index (χ3v) is 3.85. The fourth-order valence-electron chi connectivity index (χ4n) is 3.05. The van der Waals surface area contributed by atoms with Gasteiger partial charge >= 0.3 is 0 Å². The fourth-order valence-corrected chi connectivity index (χ4v) is 3.05. The van der Waals surface area contributed by atoms with Crippen molar-refractivity contribution in [1.29, 1.82) is 0 Å². The number of nitrogens with zero attached hydrogens (tertiary/aromatic N) is 2. The van der Waals surface area contributed by atoms with Gasteiger partial charge in [-0.3, -0.25) is 4.99 Å². The first kappa shape index (κ1) is 8.72. The van der Waals surface area contributed by atoms with Gasteiger partial charge in [-0.15, -0.1) is 0 Å². The predicted molar refractivity (Wildman–Crippen MR) is 57.4 cm³/mol. The summed E-state index contributed by atoms with van der Waals surface area (Å²) in [6.07, 6.45) is 6.25. The molecule has 2 N–H and O–H groups in total. The molecule has 2 saturated carbocycles. The Morgan fingerprint density at radius 1 is 1.29 bits per heavy atom. The first-order valence-electron chi connectivity index (χ1n) is 5.84. The second-order valence-electron chi connectivity index (χ2n) is 5.02. The quantitative estimate of drug-likeness (QED) is 0.678. The summed E-state index contributed by atoms with van der Waals surface area (Å²) in [7, 11) is 0. The molecule has 3 heteroatoms. The molecule has 0 radical (unpaired) electrons. The molecular formula is C11H19N3. The topological polar surface area (TPSA) is 41.6 Å². The van der Waals surface area contributed by atoms with Gasteiger partial charge in [0.05, 0.1) is 17.9 Å². The zero-order valence-corrected chi connectivity index (χ0v) is 8.82. The van der Waals surface area contributed by atoms with Crippen molar-refractivity contribution in [2.45, 2.75) is 63.2 Å². The highest BCUT2D eigenvalue weighted by atomic mass is 15.3. The van der Waals surface area contributed by atoms with Crippen LogP contribution in [-0.2, 0) is 0 Å². The Morgan fingerprint density at radius 2 is 2.07 bits per heavy atom. The van der Waals surface area contributed by atoms with Crippen molar-refractivity contribution in [3.8, 4) is 0 Å². The molecule has 0 aromatic heterocycles. The zero-order valence-electron chi connectivity index (χ0n) is 8.82. The summed E-state index contributed by atoms with van der Waals surface area (Å²) >= 11 is 0. The highest BCUT2D eigenvalue weighted by Crippen LogP contribution is 2.38. The van der Waals surface area contributed by atoms with Crippen LogP contribution in [0.4, 0.5) is 0 Å². The molecule has 3 aliphatic rings. The average molecular weight is 193 g/mol. The summed E-state index contributed by atoms with van der Waals surface area (Å²) in [6, 6.07) is 2.43. The summed E-state index contributed by atoms with van der Waals surface area (Å²) in [5.74, 6) is 1.27. The molecule has 3 rings (SSSR count). The maximum absolute atomic E-state index is 6.04. The van der Waals surface area contributed by atoms with E-state index in [-0.39, 0.29) is 0 Å². The normalized spacial score (nSPS) is 42.3. The van der Waals surface area contributed by atoms with Crippen LogP contribution < -0.4 is 5.73 Å². The molecule has 0 spiro atoms. The SMILES string of the molecule is CC1=NC2CCC(N)CC2N1C1CC1. The van der Waals surface area contributed by atoms with E-state index in [9.17, 15) is 0 Å². The molecule has 3 nitrogen and oxygen atoms in total. The van der Waals surface area contributed by atoms with Crippen LogP contribution in [0.2, 0.25) is 0 Å². The molecular weight excluding hydrogens is 174 g/mol. The maximum Gasteiger partial charge on any atom is 0.0967 e. The lowest BCUT2D eigenvalue weighted by Gasteiger charge is -2.35. The van der Waals surface area contributed by atoms with Gasteiger partial charge in [0.25, 0.3) is 0 Å². The van der Waals surface area contributed by atoms with E-state index >= 15 is 0 Å². The summed E-state index contributed by atoms with van der Waals surface area (Å²) in [5, 5.41) is 0. The van der Waals surface area contributed by atoms with Gasteiger partial charge in [-0.05, 0) is 39.0 Å². The molecule has 3 unspecified atom stereocenters. The minimum absolute atomic E-state index is 0.415. The molecule has 0 saturated heterocycles. The predicted octanol–water partition coefficient (Wildman–Crippen LogP) is 1.13. The number of fused-ring (bicyclic) bond motifs is 1. The van der Waals surface area contributed by atoms with Gasteiger partial charge in [0.15, 0.2) is 0 Å². The van der Waals surface area contributed by atoms with E-state index in [4.69, 9.17) is 10.7 Å². The Hall–Kier alpha value is -0.570. The van der Waals surface area contributed by atoms with E-state index in [0.717, 1.165) is 18.9 Å². The summed E-state index contributed by atoms with van der Waals surface area (Å²) in [4.78, 5) is 7.33. The average Bonchev–Trinajstić information content (AvgIpc) is 2.90. The van der Waals surface area contributed by atoms with Crippen molar-refractivity contribution in [1.82, 2.24) is 4.90 Å². The molecule has 2 aliphatic carbocycles. The summed E-state index contributed by atoms with van der Waals surface area (Å²) < 4.78 is 0. The number of amidine groups is 1. The number of hydrogen-bond donors (Lipinski definition) is 1. The van der Waals surface area contributed by atoms with Crippen LogP contribution >= 0.6 is 0 Å². The number of nitrogens with two attached hydrogens (primary N) is 1. The molecule has 0 bridgehead atoms. The summed E-state index contributed by atoms with van der Waals surface area (Å²) in [5.41, 5.74) is 6.04. The van der Waals surface area contributed by atoms with Crippen molar-refractivity contribution in [3.63, 3.8) is 0 Å². The minimum Gasteiger partial charge on any atom is -0.352 e. The van der Waals surface area contributed by atoms with Gasteiger partial charge in [0.2, 0.25) is 0 Å². The van der Waals surface area contributed by atoms with Crippen molar-refractivity contribution in [2.24, 2.45) is 10.7 Å². The smallest absolute Gasteiger partial charge is 0.0967 e. The molecule has 78 valence electrons. The van der Waals surface area contributed by atoms with Gasteiger partial charge < -0.3 is 10.6 Å². The van der Waals surface area contributed by atoms with Crippen LogP contribution in [0.1, 0.15) is 39.0 Å². The molecule has 0 aromatic carbocycles. The Bertz CT molecular complexity index is 270. The first-order chi connectivity index (χ1) is 6.75. The maximum atomic E-state index is 6.04. The second-order valence-corrected chi connectivity index (χ2v) is 5.02. The van der Waals surface area contributed by atoms with E-state index in [1.165, 1.54) is 25.1 Å². The van der Waals surface area contributed by atoms with Crippen LogP contribution in [0, 0.1) is 0 Å². The van der Waals surface area contributed by atoms with Crippen molar-refractivity contribution in [3.05, 3.63) is 0 Å². The summed E-state index contributed by atoms with van der Waals surface area (Å²) in [6.45, 7) is 2.17. The molecule has 0 amide bonds. The van der Waals surface area contributed by atoms with E-state index in [2.05, 4.69) is 11.8 Å². The highest BCUT2D eigenvalue weighted by molar-refractivity contribution is 5.83. The highest BCUT2D eigenvalue weighted by Gasteiger charge is 2.44. The van der Waals surface area contributed by atoms with Gasteiger partial charge in [-0.1, -0.05) is 0 Å².